The molecule has 0 fully saturated rings. The van der Waals surface area contributed by atoms with Gasteiger partial charge in [0.25, 0.3) is 16.0 Å². The number of benzene rings is 2. The fourth-order valence-electron chi connectivity index (χ4n) is 1.94. The number of carbonyl (C=O) groups excluding carboxylic acids is 1. The quantitative estimate of drug-likeness (QED) is 0.413. The largest absolute Gasteiger partial charge is 0.507 e. The molecular formula is C16H15N3O7S. The highest BCUT2D eigenvalue weighted by atomic mass is 32.2. The van der Waals surface area contributed by atoms with Gasteiger partial charge in [-0.3, -0.25) is 9.35 Å². The lowest BCUT2D eigenvalue weighted by atomic mass is 10.1. The lowest BCUT2D eigenvalue weighted by molar-refractivity contribution is 0.0696. The maximum absolute atomic E-state index is 12.0. The van der Waals surface area contributed by atoms with Crippen molar-refractivity contribution in [1.82, 2.24) is 5.32 Å². The van der Waals surface area contributed by atoms with Crippen molar-refractivity contribution in [1.29, 1.82) is 0 Å². The lowest BCUT2D eigenvalue weighted by Gasteiger charge is -2.06. The Morgan fingerprint density at radius 2 is 1.59 bits per heavy atom. The predicted molar refractivity (Wildman–Crippen MR) is 94.4 cm³/mol. The first-order chi connectivity index (χ1) is 12.7. The molecule has 0 spiro atoms. The number of phenolic OH excluding ortho intramolecular Hbond substituents is 1. The Hall–Kier alpha value is -3.31. The van der Waals surface area contributed by atoms with Crippen LogP contribution in [0.2, 0.25) is 0 Å². The molecule has 2 aromatic carbocycles. The van der Waals surface area contributed by atoms with Gasteiger partial charge in [0.15, 0.2) is 0 Å². The molecule has 2 aromatic rings. The minimum Gasteiger partial charge on any atom is -0.507 e. The van der Waals surface area contributed by atoms with E-state index >= 15 is 0 Å². The molecule has 0 radical (unpaired) electrons. The van der Waals surface area contributed by atoms with E-state index < -0.39 is 27.7 Å². The van der Waals surface area contributed by atoms with Crippen molar-refractivity contribution in [2.75, 3.05) is 12.3 Å². The standard InChI is InChI=1S/C16H15N3O7S/c20-14-6-5-12(9-13(14)15(21)17-7-8-27(24,25)26)19-18-11-3-1-10(2-4-11)16(22)23/h1-6,9,20H,7-8H2,(H,17,21)(H,22,23)(H,24,25,26). The zero-order valence-corrected chi connectivity index (χ0v) is 14.5. The molecule has 0 aliphatic heterocycles. The van der Waals surface area contributed by atoms with Crippen LogP contribution in [0.1, 0.15) is 20.7 Å². The molecule has 0 atom stereocenters. The van der Waals surface area contributed by atoms with Crippen molar-refractivity contribution in [3.8, 4) is 5.75 Å². The molecule has 27 heavy (non-hydrogen) atoms. The molecule has 0 aliphatic rings. The fourth-order valence-corrected chi connectivity index (χ4v) is 2.30. The van der Waals surface area contributed by atoms with E-state index in [9.17, 15) is 23.1 Å². The van der Waals surface area contributed by atoms with E-state index in [2.05, 4.69) is 15.5 Å². The summed E-state index contributed by atoms with van der Waals surface area (Å²) in [6, 6.07) is 9.50. The predicted octanol–water partition coefficient (Wildman–Crippen LogP) is 2.12. The normalized spacial score (nSPS) is 11.4. The van der Waals surface area contributed by atoms with Crippen LogP contribution in [0.15, 0.2) is 52.7 Å². The first-order valence-electron chi connectivity index (χ1n) is 7.47. The molecular weight excluding hydrogens is 378 g/mol. The summed E-state index contributed by atoms with van der Waals surface area (Å²) >= 11 is 0. The zero-order valence-electron chi connectivity index (χ0n) is 13.7. The second-order valence-corrected chi connectivity index (χ2v) is 6.87. The number of carboxylic acid groups (broad SMARTS) is 1. The molecule has 0 heterocycles. The van der Waals surface area contributed by atoms with Crippen molar-refractivity contribution in [2.45, 2.75) is 0 Å². The fraction of sp³-hybridized carbons (Fsp3) is 0.125. The molecule has 0 saturated heterocycles. The van der Waals surface area contributed by atoms with Crippen LogP contribution in [0.3, 0.4) is 0 Å². The van der Waals surface area contributed by atoms with Gasteiger partial charge in [-0.2, -0.15) is 18.6 Å². The Labute approximate surface area is 153 Å². The highest BCUT2D eigenvalue weighted by Gasteiger charge is 2.13. The molecule has 11 heteroatoms. The monoisotopic (exact) mass is 393 g/mol. The van der Waals surface area contributed by atoms with Gasteiger partial charge in [-0.15, -0.1) is 0 Å². The van der Waals surface area contributed by atoms with E-state index in [1.54, 1.807) is 0 Å². The number of aromatic hydroxyl groups is 1. The molecule has 0 unspecified atom stereocenters. The third-order valence-corrected chi connectivity index (χ3v) is 3.99. The van der Waals surface area contributed by atoms with Crippen LogP contribution >= 0.6 is 0 Å². The number of nitrogens with zero attached hydrogens (tertiary/aromatic N) is 2. The van der Waals surface area contributed by atoms with Crippen LogP contribution in [-0.2, 0) is 10.1 Å². The number of rotatable bonds is 7. The van der Waals surface area contributed by atoms with Crippen LogP contribution in [0, 0.1) is 0 Å². The molecule has 0 bridgehead atoms. The smallest absolute Gasteiger partial charge is 0.335 e. The molecule has 0 aromatic heterocycles. The van der Waals surface area contributed by atoms with Gasteiger partial charge >= 0.3 is 5.97 Å². The highest BCUT2D eigenvalue weighted by molar-refractivity contribution is 7.85. The Balaban J connectivity index is 2.11. The minimum absolute atomic E-state index is 0.0995. The third kappa shape index (κ3) is 6.17. The van der Waals surface area contributed by atoms with E-state index in [0.717, 1.165) is 0 Å². The van der Waals surface area contributed by atoms with Gasteiger partial charge in [-0.05, 0) is 42.5 Å². The Morgan fingerprint density at radius 3 is 2.19 bits per heavy atom. The molecule has 142 valence electrons. The Morgan fingerprint density at radius 1 is 1.00 bits per heavy atom. The van der Waals surface area contributed by atoms with Crippen LogP contribution in [-0.4, -0.2) is 47.4 Å². The summed E-state index contributed by atoms with van der Waals surface area (Å²) in [5, 5.41) is 28.7. The number of carboxylic acids is 1. The number of phenols is 1. The van der Waals surface area contributed by atoms with Gasteiger partial charge in [-0.1, -0.05) is 0 Å². The molecule has 2 rings (SSSR count). The number of azo groups is 1. The first kappa shape index (κ1) is 20.0. The molecule has 0 aliphatic carbocycles. The zero-order chi connectivity index (χ0) is 20.0. The average Bonchev–Trinajstić information content (AvgIpc) is 2.60. The number of carbonyl (C=O) groups is 2. The number of hydrogen-bond acceptors (Lipinski definition) is 7. The summed E-state index contributed by atoms with van der Waals surface area (Å²) in [6.45, 7) is -0.335. The second-order valence-electron chi connectivity index (χ2n) is 5.30. The summed E-state index contributed by atoms with van der Waals surface area (Å²) in [7, 11) is -4.22. The van der Waals surface area contributed by atoms with E-state index in [1.807, 2.05) is 0 Å². The van der Waals surface area contributed by atoms with E-state index in [1.165, 1.54) is 42.5 Å². The Bertz CT molecular complexity index is 986. The molecule has 10 nitrogen and oxygen atoms in total. The number of amides is 1. The van der Waals surface area contributed by atoms with Crippen LogP contribution in [0.4, 0.5) is 11.4 Å². The maximum atomic E-state index is 12.0. The minimum atomic E-state index is -4.22. The van der Waals surface area contributed by atoms with Crippen LogP contribution in [0.5, 0.6) is 5.75 Å². The van der Waals surface area contributed by atoms with Gasteiger partial charge in [0.2, 0.25) is 0 Å². The van der Waals surface area contributed by atoms with Crippen molar-refractivity contribution < 1.29 is 32.8 Å². The van der Waals surface area contributed by atoms with Crippen LogP contribution in [0.25, 0.3) is 0 Å². The van der Waals surface area contributed by atoms with Crippen molar-refractivity contribution in [3.63, 3.8) is 0 Å². The van der Waals surface area contributed by atoms with Gasteiger partial charge in [0.1, 0.15) is 5.75 Å². The van der Waals surface area contributed by atoms with Gasteiger partial charge < -0.3 is 15.5 Å². The summed E-state index contributed by atoms with van der Waals surface area (Å²) in [5.74, 6) is -2.82. The van der Waals surface area contributed by atoms with E-state index in [0.29, 0.717) is 5.69 Å². The Kier molecular flexibility index (Phi) is 6.21. The van der Waals surface area contributed by atoms with Crippen molar-refractivity contribution in [3.05, 3.63) is 53.6 Å². The van der Waals surface area contributed by atoms with E-state index in [-0.39, 0.29) is 29.1 Å². The third-order valence-electron chi connectivity index (χ3n) is 3.27. The second kappa shape index (κ2) is 8.38. The SMILES string of the molecule is O=C(O)c1ccc(N=Nc2ccc(O)c(C(=O)NCCS(=O)(=O)O)c2)cc1. The highest BCUT2D eigenvalue weighted by Crippen LogP contribution is 2.25. The van der Waals surface area contributed by atoms with Crippen LogP contribution < -0.4 is 5.32 Å². The number of hydrogen-bond donors (Lipinski definition) is 4. The topological polar surface area (TPSA) is 166 Å². The van der Waals surface area contributed by atoms with Crippen molar-refractivity contribution in [2.24, 2.45) is 10.2 Å². The molecule has 1 amide bonds. The van der Waals surface area contributed by atoms with Crippen molar-refractivity contribution >= 4 is 33.4 Å². The summed E-state index contributed by atoms with van der Waals surface area (Å²) in [6.07, 6.45) is 0. The maximum Gasteiger partial charge on any atom is 0.335 e. The van der Waals surface area contributed by atoms with E-state index in [4.69, 9.17) is 9.66 Å². The van der Waals surface area contributed by atoms with Gasteiger partial charge in [0, 0.05) is 6.54 Å². The summed E-state index contributed by atoms with van der Waals surface area (Å²) in [4.78, 5) is 22.8. The summed E-state index contributed by atoms with van der Waals surface area (Å²) < 4.78 is 29.9. The summed E-state index contributed by atoms with van der Waals surface area (Å²) in [5.41, 5.74) is 0.563. The first-order valence-corrected chi connectivity index (χ1v) is 9.08. The van der Waals surface area contributed by atoms with Gasteiger partial charge in [0.05, 0.1) is 28.3 Å². The number of aromatic carboxylic acids is 1. The molecule has 0 saturated carbocycles. The average molecular weight is 393 g/mol. The lowest BCUT2D eigenvalue weighted by Crippen LogP contribution is -2.28. The number of nitrogens with one attached hydrogen (secondary N) is 1. The van der Waals surface area contributed by atoms with Gasteiger partial charge in [-0.25, -0.2) is 4.79 Å². The molecule has 4 N–H and O–H groups in total.